The zero-order chi connectivity index (χ0) is 19.7. The average molecular weight is 376 g/mol. The molecule has 0 saturated carbocycles. The summed E-state index contributed by atoms with van der Waals surface area (Å²) in [4.78, 5) is 37.4. The topological polar surface area (TPSA) is 105 Å². The summed E-state index contributed by atoms with van der Waals surface area (Å²) in [7, 11) is 0. The Morgan fingerprint density at radius 2 is 1.79 bits per heavy atom. The Balaban J connectivity index is 1.52. The van der Waals surface area contributed by atoms with Crippen molar-refractivity contribution in [3.05, 3.63) is 59.7 Å². The highest BCUT2D eigenvalue weighted by Crippen LogP contribution is 2.24. The molecule has 0 aliphatic carbocycles. The number of rotatable bonds is 4. The molecular formula is C20H16N4O4. The molecule has 2 heterocycles. The van der Waals surface area contributed by atoms with Gasteiger partial charge in [-0.3, -0.25) is 24.6 Å². The summed E-state index contributed by atoms with van der Waals surface area (Å²) in [6, 6.07) is 13.8. The van der Waals surface area contributed by atoms with E-state index in [-0.39, 0.29) is 36.2 Å². The molecule has 3 aromatic rings. The second-order valence-electron chi connectivity index (χ2n) is 6.41. The smallest absolute Gasteiger partial charge is 0.322 e. The summed E-state index contributed by atoms with van der Waals surface area (Å²) in [5.41, 5.74) is 2.43. The molecule has 2 aromatic carbocycles. The Morgan fingerprint density at radius 3 is 2.54 bits per heavy atom. The van der Waals surface area contributed by atoms with Gasteiger partial charge in [0, 0.05) is 24.0 Å². The summed E-state index contributed by atoms with van der Waals surface area (Å²) >= 11 is 0. The molecule has 8 nitrogen and oxygen atoms in total. The van der Waals surface area contributed by atoms with Gasteiger partial charge in [0.25, 0.3) is 5.91 Å². The minimum absolute atomic E-state index is 0.0414. The van der Waals surface area contributed by atoms with Gasteiger partial charge in [0.2, 0.25) is 17.7 Å². The van der Waals surface area contributed by atoms with Crippen LogP contribution in [0.5, 0.6) is 0 Å². The van der Waals surface area contributed by atoms with E-state index in [1.54, 1.807) is 18.2 Å². The molecule has 0 radical (unpaired) electrons. The fourth-order valence-corrected chi connectivity index (χ4v) is 2.99. The molecule has 8 heteroatoms. The van der Waals surface area contributed by atoms with Crippen LogP contribution in [0.4, 0.5) is 11.7 Å². The van der Waals surface area contributed by atoms with Crippen molar-refractivity contribution in [1.29, 1.82) is 0 Å². The molecule has 1 saturated heterocycles. The molecule has 28 heavy (non-hydrogen) atoms. The van der Waals surface area contributed by atoms with Gasteiger partial charge in [-0.25, -0.2) is 0 Å². The second-order valence-corrected chi connectivity index (χ2v) is 6.41. The van der Waals surface area contributed by atoms with Gasteiger partial charge in [-0.1, -0.05) is 28.9 Å². The maximum absolute atomic E-state index is 12.5. The SMILES string of the molecule is Cc1cccc(-c2nnc(NC(=O)c3cccc(N4C(=O)CCC4=O)c3)o2)c1. The number of benzene rings is 2. The number of anilines is 2. The van der Waals surface area contributed by atoms with E-state index in [2.05, 4.69) is 15.5 Å². The van der Waals surface area contributed by atoms with E-state index < -0.39 is 5.91 Å². The van der Waals surface area contributed by atoms with Crippen molar-refractivity contribution in [3.8, 4) is 11.5 Å². The van der Waals surface area contributed by atoms with E-state index in [1.807, 2.05) is 31.2 Å². The normalized spacial score (nSPS) is 13.8. The fraction of sp³-hybridized carbons (Fsp3) is 0.150. The highest BCUT2D eigenvalue weighted by molar-refractivity contribution is 6.20. The Hall–Kier alpha value is -3.81. The third-order valence-electron chi connectivity index (χ3n) is 4.33. The number of nitrogens with one attached hydrogen (secondary N) is 1. The monoisotopic (exact) mass is 376 g/mol. The third kappa shape index (κ3) is 3.39. The van der Waals surface area contributed by atoms with E-state index in [0.29, 0.717) is 11.6 Å². The van der Waals surface area contributed by atoms with Crippen LogP contribution in [0, 0.1) is 6.92 Å². The van der Waals surface area contributed by atoms with Crippen LogP contribution < -0.4 is 10.2 Å². The number of carbonyl (C=O) groups is 3. The highest BCUT2D eigenvalue weighted by atomic mass is 16.4. The first kappa shape index (κ1) is 17.6. The molecule has 3 amide bonds. The number of hydrogen-bond acceptors (Lipinski definition) is 6. The van der Waals surface area contributed by atoms with Crippen molar-refractivity contribution in [2.75, 3.05) is 10.2 Å². The number of nitrogens with zero attached hydrogens (tertiary/aromatic N) is 3. The van der Waals surface area contributed by atoms with Gasteiger partial charge in [0.05, 0.1) is 5.69 Å². The minimum Gasteiger partial charge on any atom is -0.403 e. The number of hydrogen-bond donors (Lipinski definition) is 1. The molecule has 1 N–H and O–H groups in total. The second kappa shape index (κ2) is 7.07. The van der Waals surface area contributed by atoms with Gasteiger partial charge in [0.1, 0.15) is 0 Å². The zero-order valence-corrected chi connectivity index (χ0v) is 15.0. The van der Waals surface area contributed by atoms with Crippen LogP contribution in [0.15, 0.2) is 52.9 Å². The minimum atomic E-state index is -0.486. The molecule has 1 aliphatic rings. The van der Waals surface area contributed by atoms with E-state index in [0.717, 1.165) is 16.0 Å². The van der Waals surface area contributed by atoms with Crippen molar-refractivity contribution in [3.63, 3.8) is 0 Å². The first-order valence-corrected chi connectivity index (χ1v) is 8.69. The lowest BCUT2D eigenvalue weighted by molar-refractivity contribution is -0.121. The first-order valence-electron chi connectivity index (χ1n) is 8.69. The lowest BCUT2D eigenvalue weighted by atomic mass is 10.1. The molecule has 0 unspecified atom stereocenters. The fourth-order valence-electron chi connectivity index (χ4n) is 2.99. The predicted octanol–water partition coefficient (Wildman–Crippen LogP) is 2.95. The Bertz CT molecular complexity index is 1070. The van der Waals surface area contributed by atoms with E-state index in [4.69, 9.17) is 4.42 Å². The lowest BCUT2D eigenvalue weighted by Gasteiger charge is -2.14. The van der Waals surface area contributed by atoms with Gasteiger partial charge in [-0.15, -0.1) is 5.10 Å². The first-order chi connectivity index (χ1) is 13.5. The van der Waals surface area contributed by atoms with Gasteiger partial charge in [-0.2, -0.15) is 0 Å². The Morgan fingerprint density at radius 1 is 1.04 bits per heavy atom. The largest absolute Gasteiger partial charge is 0.403 e. The van der Waals surface area contributed by atoms with E-state index in [1.165, 1.54) is 6.07 Å². The lowest BCUT2D eigenvalue weighted by Crippen LogP contribution is -2.28. The predicted molar refractivity (Wildman–Crippen MR) is 101 cm³/mol. The van der Waals surface area contributed by atoms with Gasteiger partial charge >= 0.3 is 6.01 Å². The molecule has 1 aromatic heterocycles. The van der Waals surface area contributed by atoms with E-state index in [9.17, 15) is 14.4 Å². The maximum atomic E-state index is 12.5. The standard InChI is InChI=1S/C20H16N4O4/c1-12-4-2-6-14(10-12)19-22-23-20(28-19)21-18(27)13-5-3-7-15(11-13)24-16(25)8-9-17(24)26/h2-7,10-11H,8-9H2,1H3,(H,21,23,27). The quantitative estimate of drug-likeness (QED) is 0.702. The molecule has 4 rings (SSSR count). The highest BCUT2D eigenvalue weighted by Gasteiger charge is 2.30. The summed E-state index contributed by atoms with van der Waals surface area (Å²) in [5.74, 6) is -0.745. The van der Waals surface area contributed by atoms with Crippen LogP contribution in [0.1, 0.15) is 28.8 Å². The molecule has 140 valence electrons. The molecule has 0 spiro atoms. The number of aryl methyl sites for hydroxylation is 1. The average Bonchev–Trinajstić information content (AvgIpc) is 3.28. The number of carbonyl (C=O) groups excluding carboxylic acids is 3. The number of imide groups is 1. The Labute approximate surface area is 160 Å². The molecular weight excluding hydrogens is 360 g/mol. The van der Waals surface area contributed by atoms with Crippen LogP contribution in [-0.4, -0.2) is 27.9 Å². The number of aromatic nitrogens is 2. The van der Waals surface area contributed by atoms with Crippen molar-refractivity contribution < 1.29 is 18.8 Å². The van der Waals surface area contributed by atoms with Crippen molar-refractivity contribution in [1.82, 2.24) is 10.2 Å². The van der Waals surface area contributed by atoms with Gasteiger partial charge < -0.3 is 4.42 Å². The third-order valence-corrected chi connectivity index (χ3v) is 4.33. The Kier molecular flexibility index (Phi) is 4.44. The van der Waals surface area contributed by atoms with Gasteiger partial charge in [0.15, 0.2) is 0 Å². The van der Waals surface area contributed by atoms with Gasteiger partial charge in [-0.05, 0) is 37.3 Å². The van der Waals surface area contributed by atoms with Crippen molar-refractivity contribution in [2.45, 2.75) is 19.8 Å². The molecule has 0 bridgehead atoms. The summed E-state index contributed by atoms with van der Waals surface area (Å²) in [6.07, 6.45) is 0.359. The summed E-state index contributed by atoms with van der Waals surface area (Å²) in [6.45, 7) is 1.95. The van der Waals surface area contributed by atoms with Crippen LogP contribution >= 0.6 is 0 Å². The van der Waals surface area contributed by atoms with Crippen LogP contribution in [0.2, 0.25) is 0 Å². The van der Waals surface area contributed by atoms with Crippen LogP contribution in [0.25, 0.3) is 11.5 Å². The van der Waals surface area contributed by atoms with Crippen molar-refractivity contribution in [2.24, 2.45) is 0 Å². The molecule has 1 fully saturated rings. The zero-order valence-electron chi connectivity index (χ0n) is 15.0. The van der Waals surface area contributed by atoms with Crippen LogP contribution in [0.3, 0.4) is 0 Å². The number of amides is 3. The molecule has 1 aliphatic heterocycles. The van der Waals surface area contributed by atoms with Crippen LogP contribution in [-0.2, 0) is 9.59 Å². The maximum Gasteiger partial charge on any atom is 0.322 e. The summed E-state index contributed by atoms with van der Waals surface area (Å²) < 4.78 is 5.51. The van der Waals surface area contributed by atoms with E-state index >= 15 is 0 Å². The summed E-state index contributed by atoms with van der Waals surface area (Å²) in [5, 5.41) is 10.3. The van der Waals surface area contributed by atoms with Crippen molar-refractivity contribution >= 4 is 29.4 Å². The molecule has 0 atom stereocenters.